The summed E-state index contributed by atoms with van der Waals surface area (Å²) in [6.07, 6.45) is 10.6. The van der Waals surface area contributed by atoms with Crippen LogP contribution in [0.4, 0.5) is 0 Å². The predicted octanol–water partition coefficient (Wildman–Crippen LogP) is 4.25. The standard InChI is InChI=1S/C13H24/c1-3-5-11-6-4-7-12-9-8-10(2)13(11)12/h10-13H,3-9H2,1-2H3. The van der Waals surface area contributed by atoms with Crippen LogP contribution < -0.4 is 0 Å². The van der Waals surface area contributed by atoms with Crippen molar-refractivity contribution in [1.29, 1.82) is 0 Å². The van der Waals surface area contributed by atoms with Gasteiger partial charge in [0.25, 0.3) is 0 Å². The van der Waals surface area contributed by atoms with Gasteiger partial charge in [0.15, 0.2) is 0 Å². The van der Waals surface area contributed by atoms with Gasteiger partial charge < -0.3 is 0 Å². The van der Waals surface area contributed by atoms with Crippen molar-refractivity contribution in [3.05, 3.63) is 0 Å². The Labute approximate surface area is 83.1 Å². The van der Waals surface area contributed by atoms with Crippen LogP contribution in [0.3, 0.4) is 0 Å². The molecule has 2 saturated carbocycles. The van der Waals surface area contributed by atoms with Crippen LogP contribution >= 0.6 is 0 Å². The zero-order valence-electron chi connectivity index (χ0n) is 9.26. The Kier molecular flexibility index (Phi) is 2.96. The lowest BCUT2D eigenvalue weighted by Gasteiger charge is -2.36. The Morgan fingerprint density at radius 2 is 1.92 bits per heavy atom. The highest BCUT2D eigenvalue weighted by molar-refractivity contribution is 4.90. The van der Waals surface area contributed by atoms with Crippen molar-refractivity contribution in [2.45, 2.75) is 58.8 Å². The molecule has 0 bridgehead atoms. The van der Waals surface area contributed by atoms with Crippen molar-refractivity contribution in [2.75, 3.05) is 0 Å². The Hall–Kier alpha value is 0. The summed E-state index contributed by atoms with van der Waals surface area (Å²) in [6.45, 7) is 4.85. The molecule has 4 unspecified atom stereocenters. The van der Waals surface area contributed by atoms with E-state index >= 15 is 0 Å². The van der Waals surface area contributed by atoms with Gasteiger partial charge in [-0.3, -0.25) is 0 Å². The van der Waals surface area contributed by atoms with E-state index in [1.807, 2.05) is 0 Å². The van der Waals surface area contributed by atoms with E-state index in [4.69, 9.17) is 0 Å². The summed E-state index contributed by atoms with van der Waals surface area (Å²) in [4.78, 5) is 0. The maximum atomic E-state index is 2.50. The van der Waals surface area contributed by atoms with Gasteiger partial charge in [0.1, 0.15) is 0 Å². The van der Waals surface area contributed by atoms with E-state index in [1.54, 1.807) is 19.3 Å². The Balaban J connectivity index is 2.01. The van der Waals surface area contributed by atoms with E-state index in [-0.39, 0.29) is 0 Å². The molecule has 0 aromatic heterocycles. The fraction of sp³-hybridized carbons (Fsp3) is 1.00. The SMILES string of the molecule is CCCC1CCCC2CCC(C)C12. The van der Waals surface area contributed by atoms with Gasteiger partial charge in [0.2, 0.25) is 0 Å². The van der Waals surface area contributed by atoms with Crippen molar-refractivity contribution in [3.8, 4) is 0 Å². The molecule has 2 aliphatic carbocycles. The molecule has 4 atom stereocenters. The third kappa shape index (κ3) is 1.78. The number of hydrogen-bond acceptors (Lipinski definition) is 0. The monoisotopic (exact) mass is 180 g/mol. The lowest BCUT2D eigenvalue weighted by Crippen LogP contribution is -2.27. The van der Waals surface area contributed by atoms with Crippen molar-refractivity contribution in [1.82, 2.24) is 0 Å². The number of rotatable bonds is 2. The van der Waals surface area contributed by atoms with Crippen LogP contribution in [0.1, 0.15) is 58.8 Å². The molecule has 2 fully saturated rings. The van der Waals surface area contributed by atoms with Gasteiger partial charge in [0, 0.05) is 0 Å². The van der Waals surface area contributed by atoms with Crippen molar-refractivity contribution in [3.63, 3.8) is 0 Å². The van der Waals surface area contributed by atoms with Crippen LogP contribution in [-0.2, 0) is 0 Å². The van der Waals surface area contributed by atoms with Crippen LogP contribution in [-0.4, -0.2) is 0 Å². The highest BCUT2D eigenvalue weighted by Gasteiger charge is 2.40. The Morgan fingerprint density at radius 1 is 1.08 bits per heavy atom. The number of fused-ring (bicyclic) bond motifs is 1. The molecule has 0 N–H and O–H groups in total. The normalized spacial score (nSPS) is 44.8. The van der Waals surface area contributed by atoms with E-state index in [0.29, 0.717) is 0 Å². The molecule has 0 aromatic carbocycles. The molecule has 0 saturated heterocycles. The molecule has 0 heterocycles. The van der Waals surface area contributed by atoms with Crippen molar-refractivity contribution >= 4 is 0 Å². The second-order valence-corrected chi connectivity index (χ2v) is 5.37. The van der Waals surface area contributed by atoms with Gasteiger partial charge in [-0.1, -0.05) is 52.4 Å². The quantitative estimate of drug-likeness (QED) is 0.596. The van der Waals surface area contributed by atoms with Crippen LogP contribution in [0.2, 0.25) is 0 Å². The summed E-state index contributed by atoms with van der Waals surface area (Å²) in [7, 11) is 0. The maximum absolute atomic E-state index is 2.50. The third-order valence-corrected chi connectivity index (χ3v) is 4.55. The molecule has 0 spiro atoms. The van der Waals surface area contributed by atoms with Gasteiger partial charge in [-0.05, 0) is 30.1 Å². The summed E-state index contributed by atoms with van der Waals surface area (Å²) < 4.78 is 0. The van der Waals surface area contributed by atoms with Crippen molar-refractivity contribution in [2.24, 2.45) is 23.7 Å². The first kappa shape index (κ1) is 9.55. The first-order chi connectivity index (χ1) is 6.33. The molecule has 2 aliphatic rings. The summed E-state index contributed by atoms with van der Waals surface area (Å²) in [5.74, 6) is 4.39. The molecule has 0 heteroatoms. The number of hydrogen-bond donors (Lipinski definition) is 0. The Morgan fingerprint density at radius 3 is 2.69 bits per heavy atom. The minimum absolute atomic E-state index is 1.04. The van der Waals surface area contributed by atoms with Gasteiger partial charge in [-0.2, -0.15) is 0 Å². The minimum atomic E-state index is 1.04. The molecule has 0 aromatic rings. The summed E-state index contributed by atoms with van der Waals surface area (Å²) in [6, 6.07) is 0. The topological polar surface area (TPSA) is 0 Å². The fourth-order valence-electron chi connectivity index (χ4n) is 4.06. The molecule has 0 amide bonds. The second-order valence-electron chi connectivity index (χ2n) is 5.37. The largest absolute Gasteiger partial charge is 0.0654 e. The molecular formula is C13H24. The molecule has 0 radical (unpaired) electrons. The van der Waals surface area contributed by atoms with Crippen LogP contribution in [0.25, 0.3) is 0 Å². The minimum Gasteiger partial charge on any atom is -0.0654 e. The zero-order chi connectivity index (χ0) is 9.26. The van der Waals surface area contributed by atoms with E-state index in [2.05, 4.69) is 13.8 Å². The molecule has 76 valence electrons. The summed E-state index contributed by atoms with van der Waals surface area (Å²) in [5.41, 5.74) is 0. The van der Waals surface area contributed by atoms with E-state index in [9.17, 15) is 0 Å². The molecule has 13 heavy (non-hydrogen) atoms. The molecule has 0 aliphatic heterocycles. The van der Waals surface area contributed by atoms with Crippen LogP contribution in [0, 0.1) is 23.7 Å². The van der Waals surface area contributed by atoms with Gasteiger partial charge >= 0.3 is 0 Å². The van der Waals surface area contributed by atoms with Gasteiger partial charge in [-0.15, -0.1) is 0 Å². The average molecular weight is 180 g/mol. The average Bonchev–Trinajstić information content (AvgIpc) is 2.50. The Bertz CT molecular complexity index is 157. The second kappa shape index (κ2) is 4.02. The van der Waals surface area contributed by atoms with Gasteiger partial charge in [-0.25, -0.2) is 0 Å². The third-order valence-electron chi connectivity index (χ3n) is 4.55. The smallest absolute Gasteiger partial charge is 0.0332 e. The van der Waals surface area contributed by atoms with E-state index in [0.717, 1.165) is 23.7 Å². The van der Waals surface area contributed by atoms with Gasteiger partial charge in [0.05, 0.1) is 0 Å². The molecular weight excluding hydrogens is 156 g/mol. The molecule has 2 rings (SSSR count). The van der Waals surface area contributed by atoms with E-state index < -0.39 is 0 Å². The predicted molar refractivity (Wildman–Crippen MR) is 57.6 cm³/mol. The van der Waals surface area contributed by atoms with E-state index in [1.165, 1.54) is 25.7 Å². The highest BCUT2D eigenvalue weighted by Crippen LogP contribution is 2.49. The lowest BCUT2D eigenvalue weighted by atomic mass is 9.69. The molecule has 0 nitrogen and oxygen atoms in total. The van der Waals surface area contributed by atoms with Crippen LogP contribution in [0.5, 0.6) is 0 Å². The summed E-state index contributed by atoms with van der Waals surface area (Å²) >= 11 is 0. The zero-order valence-corrected chi connectivity index (χ0v) is 9.26. The first-order valence-corrected chi connectivity index (χ1v) is 6.33. The fourth-order valence-corrected chi connectivity index (χ4v) is 4.06. The summed E-state index contributed by atoms with van der Waals surface area (Å²) in [5, 5.41) is 0. The van der Waals surface area contributed by atoms with Crippen LogP contribution in [0.15, 0.2) is 0 Å². The lowest BCUT2D eigenvalue weighted by molar-refractivity contribution is 0.139. The van der Waals surface area contributed by atoms with Crippen molar-refractivity contribution < 1.29 is 0 Å². The highest BCUT2D eigenvalue weighted by atomic mass is 14.4. The maximum Gasteiger partial charge on any atom is -0.0332 e. The first-order valence-electron chi connectivity index (χ1n) is 6.33.